The predicted molar refractivity (Wildman–Crippen MR) is 68.0 cm³/mol. The minimum Gasteiger partial charge on any atom is -0.447 e. The summed E-state index contributed by atoms with van der Waals surface area (Å²) >= 11 is 8.09. The van der Waals surface area contributed by atoms with Gasteiger partial charge in [-0.05, 0) is 40.8 Å². The molecule has 0 saturated carbocycles. The highest BCUT2D eigenvalue weighted by Gasteiger charge is 2.01. The number of anilines is 1. The van der Waals surface area contributed by atoms with Gasteiger partial charge in [0.05, 0.1) is 12.7 Å². The first-order valence-electron chi connectivity index (χ1n) is 4.32. The fourth-order valence-corrected chi connectivity index (χ4v) is 2.21. The van der Waals surface area contributed by atoms with Gasteiger partial charge in [-0.25, -0.2) is 4.98 Å². The van der Waals surface area contributed by atoms with Crippen molar-refractivity contribution in [2.24, 2.45) is 0 Å². The smallest absolute Gasteiger partial charge is 0.180 e. The lowest BCUT2D eigenvalue weighted by molar-refractivity contribution is 0.511. The van der Waals surface area contributed by atoms with E-state index < -0.39 is 0 Å². The first kappa shape index (κ1) is 10.8. The van der Waals surface area contributed by atoms with Crippen molar-refractivity contribution in [3.8, 4) is 0 Å². The maximum absolute atomic E-state index is 5.86. The number of nitrogens with one attached hydrogen (secondary N) is 1. The zero-order chi connectivity index (χ0) is 10.7. The minimum atomic E-state index is 0.623. The van der Waals surface area contributed by atoms with Crippen molar-refractivity contribution in [2.75, 3.05) is 5.32 Å². The van der Waals surface area contributed by atoms with Crippen LogP contribution >= 0.6 is 34.2 Å². The van der Waals surface area contributed by atoms with E-state index in [-0.39, 0.29) is 0 Å². The van der Waals surface area contributed by atoms with Crippen LogP contribution in [0.5, 0.6) is 0 Å². The molecule has 15 heavy (non-hydrogen) atoms. The molecule has 3 nitrogen and oxygen atoms in total. The number of aromatic nitrogens is 1. The number of oxazole rings is 1. The molecule has 0 amide bonds. The highest BCUT2D eigenvalue weighted by Crippen LogP contribution is 2.22. The largest absolute Gasteiger partial charge is 0.447 e. The number of rotatable bonds is 3. The molecule has 0 bridgehead atoms. The average molecular weight is 335 g/mol. The van der Waals surface area contributed by atoms with E-state index in [1.165, 1.54) is 6.39 Å². The summed E-state index contributed by atoms with van der Waals surface area (Å²) in [6.07, 6.45) is 3.11. The molecule has 0 radical (unpaired) electrons. The molecule has 0 aliphatic heterocycles. The van der Waals surface area contributed by atoms with E-state index in [4.69, 9.17) is 16.0 Å². The van der Waals surface area contributed by atoms with Crippen LogP contribution in [-0.2, 0) is 6.54 Å². The topological polar surface area (TPSA) is 38.1 Å². The van der Waals surface area contributed by atoms with Gasteiger partial charge < -0.3 is 9.73 Å². The van der Waals surface area contributed by atoms with Crippen LogP contribution in [0, 0.1) is 3.57 Å². The van der Waals surface area contributed by atoms with E-state index in [2.05, 4.69) is 32.9 Å². The quantitative estimate of drug-likeness (QED) is 0.873. The van der Waals surface area contributed by atoms with Crippen LogP contribution in [0.4, 0.5) is 5.69 Å². The lowest BCUT2D eigenvalue weighted by Crippen LogP contribution is -1.99. The average Bonchev–Trinajstić information content (AvgIpc) is 2.69. The fraction of sp³-hybridized carbons (Fsp3) is 0.100. The van der Waals surface area contributed by atoms with Crippen LogP contribution in [0.25, 0.3) is 0 Å². The Hall–Kier alpha value is -0.750. The third kappa shape index (κ3) is 2.85. The van der Waals surface area contributed by atoms with Crippen LogP contribution in [0.2, 0.25) is 5.02 Å². The number of benzene rings is 1. The second kappa shape index (κ2) is 4.85. The van der Waals surface area contributed by atoms with Gasteiger partial charge in [0.2, 0.25) is 0 Å². The molecule has 2 rings (SSSR count). The molecule has 0 fully saturated rings. The van der Waals surface area contributed by atoms with Gasteiger partial charge >= 0.3 is 0 Å². The van der Waals surface area contributed by atoms with Crippen molar-refractivity contribution in [1.82, 2.24) is 4.98 Å². The van der Waals surface area contributed by atoms with Gasteiger partial charge in [0, 0.05) is 14.3 Å². The fourth-order valence-electron chi connectivity index (χ4n) is 1.14. The summed E-state index contributed by atoms with van der Waals surface area (Å²) in [6.45, 7) is 0.623. The summed E-state index contributed by atoms with van der Waals surface area (Å²) < 4.78 is 6.20. The van der Waals surface area contributed by atoms with Crippen molar-refractivity contribution < 1.29 is 4.42 Å². The van der Waals surface area contributed by atoms with Crippen molar-refractivity contribution in [3.05, 3.63) is 45.1 Å². The van der Waals surface area contributed by atoms with Gasteiger partial charge in [-0.3, -0.25) is 0 Å². The van der Waals surface area contributed by atoms with E-state index in [9.17, 15) is 0 Å². The molecule has 0 aliphatic rings. The summed E-state index contributed by atoms with van der Waals surface area (Å²) in [6, 6.07) is 5.71. The number of hydrogen-bond acceptors (Lipinski definition) is 3. The van der Waals surface area contributed by atoms with E-state index in [1.807, 2.05) is 18.2 Å². The van der Waals surface area contributed by atoms with Gasteiger partial charge in [0.15, 0.2) is 6.39 Å². The van der Waals surface area contributed by atoms with Crippen molar-refractivity contribution in [2.45, 2.75) is 6.54 Å². The van der Waals surface area contributed by atoms with E-state index >= 15 is 0 Å². The van der Waals surface area contributed by atoms with E-state index in [0.717, 1.165) is 20.0 Å². The van der Waals surface area contributed by atoms with E-state index in [0.29, 0.717) is 6.54 Å². The van der Waals surface area contributed by atoms with Gasteiger partial charge in [-0.1, -0.05) is 11.6 Å². The summed E-state index contributed by atoms with van der Waals surface area (Å²) in [4.78, 5) is 3.84. The highest BCUT2D eigenvalue weighted by atomic mass is 127. The minimum absolute atomic E-state index is 0.623. The first-order valence-corrected chi connectivity index (χ1v) is 5.77. The van der Waals surface area contributed by atoms with Crippen LogP contribution in [-0.4, -0.2) is 4.98 Å². The summed E-state index contributed by atoms with van der Waals surface area (Å²) in [7, 11) is 0. The molecule has 0 unspecified atom stereocenters. The van der Waals surface area contributed by atoms with Crippen molar-refractivity contribution in [3.63, 3.8) is 0 Å². The van der Waals surface area contributed by atoms with Gasteiger partial charge in [-0.2, -0.15) is 0 Å². The molecular weight excluding hydrogens is 326 g/mol. The Kier molecular flexibility index (Phi) is 3.48. The van der Waals surface area contributed by atoms with E-state index in [1.54, 1.807) is 6.20 Å². The molecule has 0 aliphatic carbocycles. The lowest BCUT2D eigenvalue weighted by Gasteiger charge is -2.06. The normalized spacial score (nSPS) is 10.3. The summed E-state index contributed by atoms with van der Waals surface area (Å²) in [5.41, 5.74) is 1.04. The van der Waals surface area contributed by atoms with Crippen LogP contribution in [0.1, 0.15) is 5.76 Å². The van der Waals surface area contributed by atoms with Gasteiger partial charge in [0.1, 0.15) is 5.76 Å². The second-order valence-corrected chi connectivity index (χ2v) is 4.54. The molecule has 0 spiro atoms. The molecule has 2 aromatic rings. The number of nitrogens with zero attached hydrogens (tertiary/aromatic N) is 1. The molecule has 1 aromatic heterocycles. The van der Waals surface area contributed by atoms with Crippen molar-refractivity contribution >= 4 is 39.9 Å². The third-order valence-corrected chi connectivity index (χ3v) is 3.00. The Labute approximate surface area is 106 Å². The number of hydrogen-bond donors (Lipinski definition) is 1. The molecule has 78 valence electrons. The molecule has 1 N–H and O–H groups in total. The van der Waals surface area contributed by atoms with Gasteiger partial charge in [-0.15, -0.1) is 0 Å². The Morgan fingerprint density at radius 1 is 1.47 bits per heavy atom. The SMILES string of the molecule is Clc1ccc(NCc2cnco2)c(I)c1. The van der Waals surface area contributed by atoms with Gasteiger partial charge in [0.25, 0.3) is 0 Å². The maximum atomic E-state index is 5.86. The molecule has 5 heteroatoms. The van der Waals surface area contributed by atoms with Crippen LogP contribution in [0.15, 0.2) is 35.2 Å². The van der Waals surface area contributed by atoms with Crippen LogP contribution in [0.3, 0.4) is 0 Å². The Balaban J connectivity index is 2.05. The summed E-state index contributed by atoms with van der Waals surface area (Å²) in [5.74, 6) is 0.806. The number of halogens is 2. The molecule has 0 saturated heterocycles. The monoisotopic (exact) mass is 334 g/mol. The molecular formula is C10H8ClIN2O. The zero-order valence-electron chi connectivity index (χ0n) is 7.71. The highest BCUT2D eigenvalue weighted by molar-refractivity contribution is 14.1. The molecule has 1 heterocycles. The van der Waals surface area contributed by atoms with Crippen LogP contribution < -0.4 is 5.32 Å². The first-order chi connectivity index (χ1) is 7.25. The Morgan fingerprint density at radius 2 is 2.33 bits per heavy atom. The molecule has 1 aromatic carbocycles. The Bertz CT molecular complexity index is 445. The van der Waals surface area contributed by atoms with Crippen molar-refractivity contribution in [1.29, 1.82) is 0 Å². The molecule has 0 atom stereocenters. The third-order valence-electron chi connectivity index (χ3n) is 1.87. The summed E-state index contributed by atoms with van der Waals surface area (Å²) in [5, 5.41) is 3.98. The lowest BCUT2D eigenvalue weighted by atomic mass is 10.3. The Morgan fingerprint density at radius 3 is 3.00 bits per heavy atom. The standard InChI is InChI=1S/C10H8ClIN2O/c11-7-1-2-10(9(12)3-7)14-5-8-4-13-6-15-8/h1-4,6,14H,5H2. The predicted octanol–water partition coefficient (Wildman–Crippen LogP) is 3.54. The zero-order valence-corrected chi connectivity index (χ0v) is 10.6. The maximum Gasteiger partial charge on any atom is 0.180 e. The second-order valence-electron chi connectivity index (χ2n) is 2.95.